The molecule has 3 amide bonds. The zero-order valence-electron chi connectivity index (χ0n) is 11.8. The number of thioether (sulfide) groups is 1. The van der Waals surface area contributed by atoms with E-state index in [4.69, 9.17) is 0 Å². The van der Waals surface area contributed by atoms with E-state index in [2.05, 4.69) is 10.6 Å². The SMILES string of the molecule is CNC(=O)NC(=O)C(C)SC(Cc1ccccc1)C(=O)O. The van der Waals surface area contributed by atoms with Gasteiger partial charge in [-0.05, 0) is 18.9 Å². The van der Waals surface area contributed by atoms with Gasteiger partial charge in [0.2, 0.25) is 5.91 Å². The Bertz CT molecular complexity index is 507. The van der Waals surface area contributed by atoms with Crippen molar-refractivity contribution in [1.29, 1.82) is 0 Å². The molecule has 0 aromatic heterocycles. The normalized spacial score (nSPS) is 13.0. The summed E-state index contributed by atoms with van der Waals surface area (Å²) in [6.07, 6.45) is 0.318. The summed E-state index contributed by atoms with van der Waals surface area (Å²) in [7, 11) is 1.40. The number of hydrogen-bond acceptors (Lipinski definition) is 4. The molecule has 7 heteroatoms. The molecular weight excluding hydrogens is 292 g/mol. The minimum Gasteiger partial charge on any atom is -0.480 e. The summed E-state index contributed by atoms with van der Waals surface area (Å²) in [6, 6.07) is 8.59. The van der Waals surface area contributed by atoms with Crippen LogP contribution < -0.4 is 10.6 Å². The van der Waals surface area contributed by atoms with E-state index in [-0.39, 0.29) is 0 Å². The van der Waals surface area contributed by atoms with Crippen molar-refractivity contribution >= 4 is 29.7 Å². The van der Waals surface area contributed by atoms with Gasteiger partial charge in [-0.3, -0.25) is 14.9 Å². The molecule has 0 fully saturated rings. The number of imide groups is 1. The number of aliphatic carboxylic acids is 1. The Labute approximate surface area is 127 Å². The smallest absolute Gasteiger partial charge is 0.321 e. The van der Waals surface area contributed by atoms with Crippen molar-refractivity contribution in [3.05, 3.63) is 35.9 Å². The number of carbonyl (C=O) groups is 3. The third-order valence-corrected chi connectivity index (χ3v) is 4.06. The van der Waals surface area contributed by atoms with Gasteiger partial charge in [0.25, 0.3) is 0 Å². The first-order chi connectivity index (χ1) is 9.93. The molecule has 3 N–H and O–H groups in total. The number of carboxylic acids is 1. The van der Waals surface area contributed by atoms with Crippen molar-refractivity contribution < 1.29 is 19.5 Å². The lowest BCUT2D eigenvalue weighted by molar-refractivity contribution is -0.136. The quantitative estimate of drug-likeness (QED) is 0.735. The van der Waals surface area contributed by atoms with E-state index in [1.807, 2.05) is 30.3 Å². The van der Waals surface area contributed by atoms with Crippen LogP contribution >= 0.6 is 11.8 Å². The first kappa shape index (κ1) is 17.0. The Balaban J connectivity index is 2.64. The van der Waals surface area contributed by atoms with Crippen molar-refractivity contribution in [2.45, 2.75) is 23.8 Å². The van der Waals surface area contributed by atoms with E-state index in [1.165, 1.54) is 7.05 Å². The Hall–Kier alpha value is -2.02. The predicted molar refractivity (Wildman–Crippen MR) is 81.2 cm³/mol. The molecule has 2 unspecified atom stereocenters. The Kier molecular flexibility index (Phi) is 6.74. The molecule has 21 heavy (non-hydrogen) atoms. The molecule has 1 aromatic rings. The monoisotopic (exact) mass is 310 g/mol. The van der Waals surface area contributed by atoms with E-state index in [0.717, 1.165) is 17.3 Å². The molecule has 0 bridgehead atoms. The summed E-state index contributed by atoms with van der Waals surface area (Å²) < 4.78 is 0. The number of nitrogens with one attached hydrogen (secondary N) is 2. The maximum absolute atomic E-state index is 11.7. The molecule has 0 aliphatic rings. The van der Waals surface area contributed by atoms with Crippen LogP contribution in [0.1, 0.15) is 12.5 Å². The molecule has 2 atom stereocenters. The van der Waals surface area contributed by atoms with Crippen LogP contribution in [0.5, 0.6) is 0 Å². The van der Waals surface area contributed by atoms with Crippen molar-refractivity contribution in [1.82, 2.24) is 10.6 Å². The van der Waals surface area contributed by atoms with E-state index < -0.39 is 28.4 Å². The van der Waals surface area contributed by atoms with E-state index in [9.17, 15) is 19.5 Å². The van der Waals surface area contributed by atoms with Crippen molar-refractivity contribution in [3.8, 4) is 0 Å². The average Bonchev–Trinajstić information content (AvgIpc) is 2.47. The van der Waals surface area contributed by atoms with Gasteiger partial charge in [0.1, 0.15) is 5.25 Å². The summed E-state index contributed by atoms with van der Waals surface area (Å²) in [4.78, 5) is 34.1. The van der Waals surface area contributed by atoms with Crippen LogP contribution in [0, 0.1) is 0 Å². The molecule has 1 aromatic carbocycles. The fraction of sp³-hybridized carbons (Fsp3) is 0.357. The van der Waals surface area contributed by atoms with E-state index in [0.29, 0.717) is 6.42 Å². The zero-order valence-corrected chi connectivity index (χ0v) is 12.6. The average molecular weight is 310 g/mol. The molecular formula is C14H18N2O4S. The first-order valence-electron chi connectivity index (χ1n) is 6.38. The number of carboxylic acid groups (broad SMARTS) is 1. The van der Waals surface area contributed by atoms with Gasteiger partial charge in [0.05, 0.1) is 5.25 Å². The summed E-state index contributed by atoms with van der Waals surface area (Å²) in [5.41, 5.74) is 0.885. The second-order valence-corrected chi connectivity index (χ2v) is 5.91. The topological polar surface area (TPSA) is 95.5 Å². The Morgan fingerprint density at radius 2 is 1.86 bits per heavy atom. The summed E-state index contributed by atoms with van der Waals surface area (Å²) in [5, 5.41) is 12.3. The fourth-order valence-electron chi connectivity index (χ4n) is 1.61. The number of carbonyl (C=O) groups excluding carboxylic acids is 2. The minimum absolute atomic E-state index is 0.318. The number of hydrogen-bond donors (Lipinski definition) is 3. The molecule has 1 rings (SSSR count). The van der Waals surface area contributed by atoms with Gasteiger partial charge in [-0.2, -0.15) is 0 Å². The lowest BCUT2D eigenvalue weighted by Crippen LogP contribution is -2.42. The summed E-state index contributed by atoms with van der Waals surface area (Å²) in [5.74, 6) is -1.50. The van der Waals surface area contributed by atoms with Gasteiger partial charge in [-0.1, -0.05) is 30.3 Å². The fourth-order valence-corrected chi connectivity index (χ4v) is 2.69. The Morgan fingerprint density at radius 1 is 1.24 bits per heavy atom. The van der Waals surface area contributed by atoms with Crippen LogP contribution in [-0.2, 0) is 16.0 Å². The van der Waals surface area contributed by atoms with Crippen LogP contribution in [0.3, 0.4) is 0 Å². The second kappa shape index (κ2) is 8.31. The van der Waals surface area contributed by atoms with Gasteiger partial charge >= 0.3 is 12.0 Å². The maximum Gasteiger partial charge on any atom is 0.321 e. The van der Waals surface area contributed by atoms with Crippen LogP contribution in [0.2, 0.25) is 0 Å². The molecule has 6 nitrogen and oxygen atoms in total. The Morgan fingerprint density at radius 3 is 2.38 bits per heavy atom. The van der Waals surface area contributed by atoms with Crippen LogP contribution in [-0.4, -0.2) is 40.6 Å². The first-order valence-corrected chi connectivity index (χ1v) is 7.33. The number of benzene rings is 1. The van der Waals surface area contributed by atoms with Gasteiger partial charge in [0, 0.05) is 7.05 Å². The van der Waals surface area contributed by atoms with Crippen molar-refractivity contribution in [3.63, 3.8) is 0 Å². The minimum atomic E-state index is -0.983. The van der Waals surface area contributed by atoms with Crippen LogP contribution in [0.25, 0.3) is 0 Å². The van der Waals surface area contributed by atoms with Crippen molar-refractivity contribution in [2.75, 3.05) is 7.05 Å². The van der Waals surface area contributed by atoms with Gasteiger partial charge in [-0.25, -0.2) is 4.79 Å². The summed E-state index contributed by atoms with van der Waals surface area (Å²) in [6.45, 7) is 1.57. The van der Waals surface area contributed by atoms with Gasteiger partial charge < -0.3 is 10.4 Å². The highest BCUT2D eigenvalue weighted by atomic mass is 32.2. The largest absolute Gasteiger partial charge is 0.480 e. The molecule has 0 aliphatic carbocycles. The lowest BCUT2D eigenvalue weighted by Gasteiger charge is -2.17. The van der Waals surface area contributed by atoms with Gasteiger partial charge in [0.15, 0.2) is 0 Å². The van der Waals surface area contributed by atoms with Gasteiger partial charge in [-0.15, -0.1) is 11.8 Å². The molecule has 0 saturated carbocycles. The maximum atomic E-state index is 11.7. The number of urea groups is 1. The molecule has 0 saturated heterocycles. The third kappa shape index (κ3) is 5.86. The molecule has 0 aliphatic heterocycles. The number of amides is 3. The van der Waals surface area contributed by atoms with E-state index >= 15 is 0 Å². The van der Waals surface area contributed by atoms with E-state index in [1.54, 1.807) is 6.92 Å². The van der Waals surface area contributed by atoms with Crippen LogP contribution in [0.4, 0.5) is 4.79 Å². The highest BCUT2D eigenvalue weighted by Gasteiger charge is 2.25. The molecule has 0 heterocycles. The lowest BCUT2D eigenvalue weighted by atomic mass is 10.1. The predicted octanol–water partition coefficient (Wildman–Crippen LogP) is 1.26. The highest BCUT2D eigenvalue weighted by Crippen LogP contribution is 2.22. The zero-order chi connectivity index (χ0) is 15.8. The summed E-state index contributed by atoms with van der Waals surface area (Å²) >= 11 is 1.02. The standard InChI is InChI=1S/C14H18N2O4S/c1-9(12(17)16-14(20)15-2)21-11(13(18)19)8-10-6-4-3-5-7-10/h3-7,9,11H,8H2,1-2H3,(H,18,19)(H2,15,16,17,20). The number of rotatable bonds is 6. The highest BCUT2D eigenvalue weighted by molar-refractivity contribution is 8.01. The molecule has 0 spiro atoms. The molecule has 114 valence electrons. The van der Waals surface area contributed by atoms with Crippen LogP contribution in [0.15, 0.2) is 30.3 Å². The third-order valence-electron chi connectivity index (χ3n) is 2.74. The molecule has 0 radical (unpaired) electrons. The second-order valence-electron chi connectivity index (χ2n) is 4.36. The van der Waals surface area contributed by atoms with Crippen molar-refractivity contribution in [2.24, 2.45) is 0 Å².